The van der Waals surface area contributed by atoms with Crippen LogP contribution in [0.2, 0.25) is 0 Å². The topological polar surface area (TPSA) is 88.3 Å². The summed E-state index contributed by atoms with van der Waals surface area (Å²) in [4.78, 5) is 2.18. The molecule has 0 radical (unpaired) electrons. The van der Waals surface area contributed by atoms with Crippen LogP contribution in [0.25, 0.3) is 5.69 Å². The van der Waals surface area contributed by atoms with E-state index in [0.717, 1.165) is 37.8 Å². The Kier molecular flexibility index (Phi) is 4.15. The highest BCUT2D eigenvalue weighted by molar-refractivity contribution is 5.85. The van der Waals surface area contributed by atoms with Crippen LogP contribution in [0.5, 0.6) is 0 Å². The molecule has 2 bridgehead atoms. The Bertz CT molecular complexity index is 743. The van der Waals surface area contributed by atoms with E-state index in [1.165, 1.54) is 0 Å². The van der Waals surface area contributed by atoms with E-state index < -0.39 is 0 Å². The van der Waals surface area contributed by atoms with Crippen LogP contribution in [0, 0.1) is 11.8 Å². The smallest absolute Gasteiger partial charge is 0.250 e. The summed E-state index contributed by atoms with van der Waals surface area (Å²) in [6.45, 7) is 3.34. The number of hydrogen-bond acceptors (Lipinski definition) is 7. The number of anilines is 1. The molecule has 0 saturated carbocycles. The normalized spacial score (nSPS) is 33.2. The molecule has 0 aliphatic carbocycles. The van der Waals surface area contributed by atoms with Crippen LogP contribution in [0.3, 0.4) is 0 Å². The molecular weight excluding hydrogens is 344 g/mol. The maximum atomic E-state index is 9.83. The number of tetrazole rings is 1. The van der Waals surface area contributed by atoms with Gasteiger partial charge >= 0.3 is 0 Å². The molecule has 2 aromatic rings. The van der Waals surface area contributed by atoms with E-state index in [2.05, 4.69) is 25.7 Å². The van der Waals surface area contributed by atoms with Gasteiger partial charge in [0.2, 0.25) is 5.95 Å². The van der Waals surface area contributed by atoms with Gasteiger partial charge in [0.05, 0.1) is 18.3 Å². The summed E-state index contributed by atoms with van der Waals surface area (Å²) in [5.41, 5.74) is 0.690. The van der Waals surface area contributed by atoms with E-state index in [0.29, 0.717) is 5.92 Å². The summed E-state index contributed by atoms with van der Waals surface area (Å²) >= 11 is 0. The van der Waals surface area contributed by atoms with Crippen LogP contribution in [0.4, 0.5) is 5.95 Å². The molecular formula is C16H21ClN6O2. The summed E-state index contributed by atoms with van der Waals surface area (Å²) < 4.78 is 8.11. The molecule has 1 aromatic carbocycles. The van der Waals surface area contributed by atoms with Crippen molar-refractivity contribution >= 4 is 18.4 Å². The van der Waals surface area contributed by atoms with E-state index >= 15 is 0 Å². The lowest BCUT2D eigenvalue weighted by atomic mass is 9.83. The predicted octanol–water partition coefficient (Wildman–Crippen LogP) is -0.130. The SMILES string of the molecule is Cl.OC[C@H]1[C@H]2CN(c3nnnn3-c3ccccc3)C[C@]23CNC[C@H]1O3. The monoisotopic (exact) mass is 364 g/mol. The second-order valence-corrected chi connectivity index (χ2v) is 6.91. The molecule has 134 valence electrons. The van der Waals surface area contributed by atoms with Gasteiger partial charge in [-0.15, -0.1) is 12.4 Å². The van der Waals surface area contributed by atoms with Crippen LogP contribution >= 0.6 is 12.4 Å². The molecule has 1 spiro atoms. The van der Waals surface area contributed by atoms with Crippen LogP contribution < -0.4 is 10.2 Å². The highest BCUT2D eigenvalue weighted by atomic mass is 35.5. The number of para-hydroxylation sites is 1. The van der Waals surface area contributed by atoms with Crippen LogP contribution in [-0.2, 0) is 4.74 Å². The summed E-state index contributed by atoms with van der Waals surface area (Å²) in [5.74, 6) is 1.20. The van der Waals surface area contributed by atoms with Crippen molar-refractivity contribution in [3.8, 4) is 5.69 Å². The lowest BCUT2D eigenvalue weighted by Gasteiger charge is -2.33. The molecule has 5 rings (SSSR count). The number of ether oxygens (including phenoxy) is 1. The maximum absolute atomic E-state index is 9.83. The number of hydrogen-bond donors (Lipinski definition) is 2. The molecule has 25 heavy (non-hydrogen) atoms. The summed E-state index contributed by atoms with van der Waals surface area (Å²) in [6, 6.07) is 9.89. The summed E-state index contributed by atoms with van der Waals surface area (Å²) in [5, 5.41) is 25.6. The molecule has 9 heteroatoms. The Morgan fingerprint density at radius 1 is 1.32 bits per heavy atom. The van der Waals surface area contributed by atoms with Crippen molar-refractivity contribution in [1.82, 2.24) is 25.5 Å². The fraction of sp³-hybridized carbons (Fsp3) is 0.562. The van der Waals surface area contributed by atoms with Crippen molar-refractivity contribution in [3.05, 3.63) is 30.3 Å². The zero-order valence-electron chi connectivity index (χ0n) is 13.7. The zero-order valence-corrected chi connectivity index (χ0v) is 14.5. The third-order valence-corrected chi connectivity index (χ3v) is 5.65. The van der Waals surface area contributed by atoms with Crippen molar-refractivity contribution in [2.45, 2.75) is 11.7 Å². The molecule has 0 amide bonds. The lowest BCUT2D eigenvalue weighted by molar-refractivity contribution is -0.0654. The molecule has 3 aliphatic rings. The fourth-order valence-electron chi connectivity index (χ4n) is 4.57. The van der Waals surface area contributed by atoms with Crippen molar-refractivity contribution < 1.29 is 9.84 Å². The Balaban J connectivity index is 0.00000157. The minimum Gasteiger partial charge on any atom is -0.396 e. The average Bonchev–Trinajstić information content (AvgIpc) is 3.27. The van der Waals surface area contributed by atoms with Gasteiger partial charge in [0, 0.05) is 38.1 Å². The second-order valence-electron chi connectivity index (χ2n) is 6.91. The van der Waals surface area contributed by atoms with Crippen molar-refractivity contribution in [2.75, 3.05) is 37.7 Å². The number of fused-ring (bicyclic) bond motifs is 1. The first-order valence-corrected chi connectivity index (χ1v) is 8.39. The van der Waals surface area contributed by atoms with Gasteiger partial charge in [-0.3, -0.25) is 0 Å². The van der Waals surface area contributed by atoms with Gasteiger partial charge in [-0.2, -0.15) is 4.68 Å². The quantitative estimate of drug-likeness (QED) is 0.784. The fourth-order valence-corrected chi connectivity index (χ4v) is 4.57. The van der Waals surface area contributed by atoms with Gasteiger partial charge in [-0.05, 0) is 22.6 Å². The van der Waals surface area contributed by atoms with Gasteiger partial charge in [0.1, 0.15) is 5.60 Å². The van der Waals surface area contributed by atoms with Crippen LogP contribution in [0.1, 0.15) is 0 Å². The molecule has 2 N–H and O–H groups in total. The predicted molar refractivity (Wildman–Crippen MR) is 93.2 cm³/mol. The first-order chi connectivity index (χ1) is 11.8. The van der Waals surface area contributed by atoms with E-state index in [-0.39, 0.29) is 36.6 Å². The molecule has 1 aromatic heterocycles. The number of rotatable bonds is 3. The van der Waals surface area contributed by atoms with Gasteiger partial charge in [0.15, 0.2) is 0 Å². The van der Waals surface area contributed by atoms with Crippen molar-refractivity contribution in [2.24, 2.45) is 11.8 Å². The van der Waals surface area contributed by atoms with Gasteiger partial charge in [-0.1, -0.05) is 23.3 Å². The van der Waals surface area contributed by atoms with E-state index in [1.807, 2.05) is 30.3 Å². The average molecular weight is 365 g/mol. The highest BCUT2D eigenvalue weighted by Crippen LogP contribution is 2.47. The molecule has 8 nitrogen and oxygen atoms in total. The number of nitrogens with one attached hydrogen (secondary N) is 1. The Morgan fingerprint density at radius 3 is 2.96 bits per heavy atom. The number of benzene rings is 1. The summed E-state index contributed by atoms with van der Waals surface area (Å²) in [7, 11) is 0. The third kappa shape index (κ3) is 2.43. The van der Waals surface area contributed by atoms with Gasteiger partial charge in [0.25, 0.3) is 0 Å². The van der Waals surface area contributed by atoms with Gasteiger partial charge < -0.3 is 20.1 Å². The minimum atomic E-state index is -0.246. The van der Waals surface area contributed by atoms with E-state index in [9.17, 15) is 5.11 Å². The third-order valence-electron chi connectivity index (χ3n) is 5.65. The second kappa shape index (κ2) is 6.21. The Labute approximate surface area is 151 Å². The minimum absolute atomic E-state index is 0. The first kappa shape index (κ1) is 16.7. The number of aliphatic hydroxyl groups is 1. The number of nitrogens with zero attached hydrogens (tertiary/aromatic N) is 5. The molecule has 3 saturated heterocycles. The van der Waals surface area contributed by atoms with Gasteiger partial charge in [-0.25, -0.2) is 0 Å². The number of morpholine rings is 1. The maximum Gasteiger partial charge on any atom is 0.250 e. The van der Waals surface area contributed by atoms with Crippen molar-refractivity contribution in [3.63, 3.8) is 0 Å². The molecule has 3 fully saturated rings. The largest absolute Gasteiger partial charge is 0.396 e. The molecule has 0 unspecified atom stereocenters. The Morgan fingerprint density at radius 2 is 2.16 bits per heavy atom. The van der Waals surface area contributed by atoms with Crippen molar-refractivity contribution in [1.29, 1.82) is 0 Å². The molecule has 3 aliphatic heterocycles. The standard InChI is InChI=1S/C16H20N6O2.ClH/c23-8-12-13-7-21(10-16(13)9-17-6-14(12)24-16)15-18-19-20-22(15)11-4-2-1-3-5-11;/h1-5,12-14,17,23H,6-10H2;1H/t12-,13+,14+,16+;/m0./s1. The highest BCUT2D eigenvalue weighted by Gasteiger charge is 2.61. The molecule has 4 heterocycles. The number of aromatic nitrogens is 4. The van der Waals surface area contributed by atoms with Crippen LogP contribution in [-0.4, -0.2) is 69.8 Å². The first-order valence-electron chi connectivity index (χ1n) is 8.39. The number of aliphatic hydroxyl groups excluding tert-OH is 1. The lowest BCUT2D eigenvalue weighted by Crippen LogP contribution is -2.52. The zero-order chi connectivity index (χ0) is 16.1. The van der Waals surface area contributed by atoms with E-state index in [4.69, 9.17) is 4.74 Å². The summed E-state index contributed by atoms with van der Waals surface area (Å²) in [6.07, 6.45) is 0.112. The van der Waals surface area contributed by atoms with E-state index in [1.54, 1.807) is 4.68 Å². The molecule has 4 atom stereocenters. The van der Waals surface area contributed by atoms with Crippen LogP contribution in [0.15, 0.2) is 30.3 Å². The number of halogens is 1. The Hall–Kier alpha value is -1.74.